The second-order valence-corrected chi connectivity index (χ2v) is 7.76. The van der Waals surface area contributed by atoms with E-state index in [9.17, 15) is 14.7 Å². The molecule has 0 saturated heterocycles. The minimum atomic E-state index is -1.34. The highest BCUT2D eigenvalue weighted by molar-refractivity contribution is 6.30. The molecule has 2 rings (SSSR count). The SMILES string of the molecule is CC(C)(Oc1ccc(Cl)cc1)C(=O)[O-].CC[NH+](CC)CCOC(=O)c1ccc(N)cc1. The van der Waals surface area contributed by atoms with Crippen molar-refractivity contribution in [2.24, 2.45) is 0 Å². The van der Waals surface area contributed by atoms with Crippen molar-refractivity contribution in [2.75, 3.05) is 32.0 Å². The van der Waals surface area contributed by atoms with Crippen LogP contribution < -0.4 is 20.5 Å². The van der Waals surface area contributed by atoms with Crippen molar-refractivity contribution < 1.29 is 29.1 Å². The fourth-order valence-corrected chi connectivity index (χ4v) is 2.56. The largest absolute Gasteiger partial charge is 0.546 e. The van der Waals surface area contributed by atoms with Crippen LogP contribution in [0.4, 0.5) is 5.69 Å². The summed E-state index contributed by atoms with van der Waals surface area (Å²) < 4.78 is 10.4. The number of hydrogen-bond donors (Lipinski definition) is 2. The number of rotatable bonds is 9. The van der Waals surface area contributed by atoms with E-state index >= 15 is 0 Å². The number of nitrogens with one attached hydrogen (secondary N) is 1. The van der Waals surface area contributed by atoms with Crippen LogP contribution in [0.3, 0.4) is 0 Å². The third kappa shape index (κ3) is 9.72. The van der Waals surface area contributed by atoms with Gasteiger partial charge in [-0.1, -0.05) is 11.6 Å². The average Bonchev–Trinajstić information content (AvgIpc) is 2.73. The van der Waals surface area contributed by atoms with Crippen molar-refractivity contribution >= 4 is 29.2 Å². The first-order valence-electron chi connectivity index (χ1n) is 10.1. The van der Waals surface area contributed by atoms with Gasteiger partial charge in [0.2, 0.25) is 0 Å². The van der Waals surface area contributed by atoms with Crippen LogP contribution in [-0.2, 0) is 9.53 Å². The number of benzene rings is 2. The van der Waals surface area contributed by atoms with Crippen molar-refractivity contribution in [3.05, 3.63) is 59.1 Å². The van der Waals surface area contributed by atoms with Gasteiger partial charge in [0, 0.05) is 10.7 Å². The Morgan fingerprint density at radius 1 is 1.03 bits per heavy atom. The number of aliphatic carboxylic acids is 1. The highest BCUT2D eigenvalue weighted by atomic mass is 35.5. The summed E-state index contributed by atoms with van der Waals surface area (Å²) in [5.41, 5.74) is 5.40. The standard InChI is InChI=1S/C13H20N2O2.C10H11ClO3/c1-3-15(4-2)9-10-17-13(16)11-5-7-12(14)8-6-11;1-10(2,9(12)13)14-8-5-3-7(11)4-6-8/h5-8H,3-4,9-10,14H2,1-2H3;3-6H,1-2H3,(H,12,13). The Kier molecular flexibility index (Phi) is 10.9. The minimum Gasteiger partial charge on any atom is -0.546 e. The molecule has 0 radical (unpaired) electrons. The van der Waals surface area contributed by atoms with Crippen LogP contribution in [-0.4, -0.2) is 43.8 Å². The summed E-state index contributed by atoms with van der Waals surface area (Å²) in [5.74, 6) is -1.09. The third-order valence-corrected chi connectivity index (χ3v) is 4.77. The molecule has 0 aromatic heterocycles. The number of quaternary nitrogens is 1. The predicted octanol–water partition coefficient (Wildman–Crippen LogP) is 1.60. The van der Waals surface area contributed by atoms with Gasteiger partial charge in [-0.05, 0) is 76.2 Å². The number of anilines is 1. The molecule has 0 aliphatic rings. The van der Waals surface area contributed by atoms with Crippen molar-refractivity contribution in [3.8, 4) is 5.75 Å². The lowest BCUT2D eigenvalue weighted by Gasteiger charge is -2.27. The van der Waals surface area contributed by atoms with Crippen LogP contribution in [0.25, 0.3) is 0 Å². The van der Waals surface area contributed by atoms with Gasteiger partial charge >= 0.3 is 5.97 Å². The molecule has 0 aliphatic heterocycles. The van der Waals surface area contributed by atoms with E-state index in [1.165, 1.54) is 18.7 Å². The normalized spacial score (nSPS) is 10.8. The summed E-state index contributed by atoms with van der Waals surface area (Å²) in [7, 11) is 0. The topological polar surface area (TPSA) is 106 Å². The number of nitrogen functional groups attached to an aromatic ring is 1. The molecule has 8 heteroatoms. The van der Waals surface area contributed by atoms with Crippen LogP contribution in [0, 0.1) is 0 Å². The van der Waals surface area contributed by atoms with Gasteiger partial charge in [-0.2, -0.15) is 0 Å². The molecule has 0 heterocycles. The molecule has 2 aromatic rings. The molecule has 0 amide bonds. The van der Waals surface area contributed by atoms with Gasteiger partial charge in [-0.25, -0.2) is 4.79 Å². The first kappa shape index (κ1) is 26.3. The van der Waals surface area contributed by atoms with Crippen molar-refractivity contribution in [1.29, 1.82) is 0 Å². The minimum absolute atomic E-state index is 0.281. The summed E-state index contributed by atoms with van der Waals surface area (Å²) >= 11 is 5.66. The monoisotopic (exact) mass is 450 g/mol. The molecule has 0 saturated carbocycles. The predicted molar refractivity (Wildman–Crippen MR) is 119 cm³/mol. The maximum atomic E-state index is 11.6. The van der Waals surface area contributed by atoms with E-state index in [0.29, 0.717) is 28.6 Å². The molecular formula is C23H31ClN2O5. The number of halogens is 1. The van der Waals surface area contributed by atoms with E-state index in [2.05, 4.69) is 13.8 Å². The molecule has 0 aliphatic carbocycles. The Hall–Kier alpha value is -2.77. The maximum Gasteiger partial charge on any atom is 0.338 e. The number of carboxylic acid groups (broad SMARTS) is 1. The molecule has 0 fully saturated rings. The summed E-state index contributed by atoms with van der Waals surface area (Å²) in [6, 6.07) is 13.2. The van der Waals surface area contributed by atoms with Gasteiger partial charge in [0.05, 0.1) is 24.6 Å². The van der Waals surface area contributed by atoms with Crippen LogP contribution in [0.2, 0.25) is 5.02 Å². The molecule has 0 spiro atoms. The average molecular weight is 451 g/mol. The molecule has 0 bridgehead atoms. The Labute approximate surface area is 188 Å². The zero-order valence-electron chi connectivity index (χ0n) is 18.4. The lowest BCUT2D eigenvalue weighted by Crippen LogP contribution is -3.11. The molecular weight excluding hydrogens is 420 g/mol. The second kappa shape index (κ2) is 12.8. The second-order valence-electron chi connectivity index (χ2n) is 7.32. The number of carbonyl (C=O) groups excluding carboxylic acids is 2. The molecule has 0 atom stereocenters. The van der Waals surface area contributed by atoms with E-state index in [1.807, 2.05) is 0 Å². The maximum absolute atomic E-state index is 11.6. The summed E-state index contributed by atoms with van der Waals surface area (Å²) in [5, 5.41) is 11.2. The number of carbonyl (C=O) groups is 2. The van der Waals surface area contributed by atoms with Gasteiger partial charge in [0.15, 0.2) is 0 Å². The zero-order valence-corrected chi connectivity index (χ0v) is 19.2. The van der Waals surface area contributed by atoms with Crippen molar-refractivity contribution in [3.63, 3.8) is 0 Å². The van der Waals surface area contributed by atoms with E-state index in [4.69, 9.17) is 26.8 Å². The molecule has 0 unspecified atom stereocenters. The number of carboxylic acids is 1. The highest BCUT2D eigenvalue weighted by Crippen LogP contribution is 2.20. The quantitative estimate of drug-likeness (QED) is 0.444. The van der Waals surface area contributed by atoms with Crippen molar-refractivity contribution in [2.45, 2.75) is 33.3 Å². The van der Waals surface area contributed by atoms with Gasteiger partial charge < -0.3 is 30.0 Å². The fourth-order valence-electron chi connectivity index (χ4n) is 2.43. The number of ether oxygens (including phenoxy) is 2. The van der Waals surface area contributed by atoms with Gasteiger partial charge in [0.1, 0.15) is 24.5 Å². The Balaban J connectivity index is 0.000000316. The van der Waals surface area contributed by atoms with Crippen molar-refractivity contribution in [1.82, 2.24) is 0 Å². The summed E-state index contributed by atoms with van der Waals surface area (Å²) in [6.45, 7) is 10.5. The molecule has 31 heavy (non-hydrogen) atoms. The van der Waals surface area contributed by atoms with E-state index in [0.717, 1.165) is 19.6 Å². The lowest BCUT2D eigenvalue weighted by atomic mass is 10.1. The summed E-state index contributed by atoms with van der Waals surface area (Å²) in [6.07, 6.45) is 0. The Morgan fingerprint density at radius 2 is 1.58 bits per heavy atom. The van der Waals surface area contributed by atoms with E-state index in [1.54, 1.807) is 48.5 Å². The van der Waals surface area contributed by atoms with Gasteiger partial charge in [0.25, 0.3) is 0 Å². The number of hydrogen-bond acceptors (Lipinski definition) is 6. The number of esters is 1. The van der Waals surface area contributed by atoms with Crippen LogP contribution in [0.1, 0.15) is 38.1 Å². The number of likely N-dealkylation sites (N-methyl/N-ethyl adjacent to an activating group) is 1. The molecule has 170 valence electrons. The molecule has 2 aromatic carbocycles. The van der Waals surface area contributed by atoms with E-state index < -0.39 is 11.6 Å². The first-order valence-corrected chi connectivity index (χ1v) is 10.5. The smallest absolute Gasteiger partial charge is 0.338 e. The van der Waals surface area contributed by atoms with Crippen LogP contribution in [0.15, 0.2) is 48.5 Å². The first-order chi connectivity index (χ1) is 14.6. The van der Waals surface area contributed by atoms with Gasteiger partial charge in [-0.3, -0.25) is 0 Å². The van der Waals surface area contributed by atoms with Gasteiger partial charge in [-0.15, -0.1) is 0 Å². The Morgan fingerprint density at radius 3 is 2.06 bits per heavy atom. The Bertz CT molecular complexity index is 819. The molecule has 7 nitrogen and oxygen atoms in total. The third-order valence-electron chi connectivity index (χ3n) is 4.51. The van der Waals surface area contributed by atoms with E-state index in [-0.39, 0.29) is 5.97 Å². The van der Waals surface area contributed by atoms with Crippen LogP contribution >= 0.6 is 11.6 Å². The van der Waals surface area contributed by atoms with Crippen LogP contribution in [0.5, 0.6) is 5.75 Å². The number of nitrogens with two attached hydrogens (primary N) is 1. The lowest BCUT2D eigenvalue weighted by molar-refractivity contribution is -0.896. The fraction of sp³-hybridized carbons (Fsp3) is 0.391. The zero-order chi connectivity index (χ0) is 23.4. The molecule has 3 N–H and O–H groups in total. The highest BCUT2D eigenvalue weighted by Gasteiger charge is 2.21. The summed E-state index contributed by atoms with van der Waals surface area (Å²) in [4.78, 5) is 23.7.